The molecule has 1 unspecified atom stereocenters. The fourth-order valence-electron chi connectivity index (χ4n) is 1.89. The summed E-state index contributed by atoms with van der Waals surface area (Å²) in [5.74, 6) is -0.902. The summed E-state index contributed by atoms with van der Waals surface area (Å²) in [5.41, 5.74) is -0.848. The third kappa shape index (κ3) is 2.22. The van der Waals surface area contributed by atoms with Gasteiger partial charge in [0.2, 0.25) is 0 Å². The molecule has 1 aromatic rings. The number of carboxylic acids is 1. The minimum Gasteiger partial charge on any atom is -0.481 e. The molecule has 1 saturated heterocycles. The number of aliphatic carboxylic acids is 1. The first kappa shape index (κ1) is 12.2. The van der Waals surface area contributed by atoms with Gasteiger partial charge in [-0.05, 0) is 41.4 Å². The van der Waals surface area contributed by atoms with Gasteiger partial charge in [0.05, 0.1) is 5.41 Å². The van der Waals surface area contributed by atoms with Crippen molar-refractivity contribution < 1.29 is 19.1 Å². The summed E-state index contributed by atoms with van der Waals surface area (Å²) in [4.78, 5) is 24.6. The third-order valence-electron chi connectivity index (χ3n) is 3.06. The van der Waals surface area contributed by atoms with E-state index in [4.69, 9.17) is 9.52 Å². The molecule has 2 heterocycles. The van der Waals surface area contributed by atoms with Gasteiger partial charge in [-0.15, -0.1) is 0 Å². The van der Waals surface area contributed by atoms with Crippen LogP contribution in [0.25, 0.3) is 0 Å². The van der Waals surface area contributed by atoms with Crippen LogP contribution in [-0.2, 0) is 4.79 Å². The van der Waals surface area contributed by atoms with E-state index in [0.717, 1.165) is 0 Å². The summed E-state index contributed by atoms with van der Waals surface area (Å²) in [6.45, 7) is 2.32. The molecule has 0 bridgehead atoms. The Morgan fingerprint density at radius 1 is 1.53 bits per heavy atom. The van der Waals surface area contributed by atoms with Gasteiger partial charge < -0.3 is 14.4 Å². The number of likely N-dealkylation sites (tertiary alicyclic amines) is 1. The minimum atomic E-state index is -0.867. The lowest BCUT2D eigenvalue weighted by Crippen LogP contribution is -2.34. The summed E-state index contributed by atoms with van der Waals surface area (Å²) in [6, 6.07) is 3.21. The normalized spacial score (nSPS) is 24.0. The maximum atomic E-state index is 12.0. The lowest BCUT2D eigenvalue weighted by molar-refractivity contribution is -0.147. The third-order valence-corrected chi connectivity index (χ3v) is 3.49. The Hall–Kier alpha value is -1.30. The Labute approximate surface area is 107 Å². The Morgan fingerprint density at radius 3 is 2.71 bits per heavy atom. The molecular weight excluding hydrogens is 290 g/mol. The smallest absolute Gasteiger partial charge is 0.311 e. The second-order valence-corrected chi connectivity index (χ2v) is 5.23. The second-order valence-electron chi connectivity index (χ2n) is 4.45. The molecule has 6 heteroatoms. The summed E-state index contributed by atoms with van der Waals surface area (Å²) in [5, 5.41) is 9.08. The SMILES string of the molecule is CC1(C(=O)O)CCN(C(=O)c2ccc(Br)o2)C1. The number of carbonyl (C=O) groups is 2. The summed E-state index contributed by atoms with van der Waals surface area (Å²) < 4.78 is 5.65. The van der Waals surface area contributed by atoms with Gasteiger partial charge in [0, 0.05) is 13.1 Å². The first-order valence-electron chi connectivity index (χ1n) is 5.20. The monoisotopic (exact) mass is 301 g/mol. The molecular formula is C11H12BrNO4. The predicted molar refractivity (Wildman–Crippen MR) is 62.7 cm³/mol. The Kier molecular flexibility index (Phi) is 2.99. The van der Waals surface area contributed by atoms with Crippen molar-refractivity contribution in [2.45, 2.75) is 13.3 Å². The quantitative estimate of drug-likeness (QED) is 0.907. The van der Waals surface area contributed by atoms with Crippen molar-refractivity contribution in [3.63, 3.8) is 0 Å². The average molecular weight is 302 g/mol. The predicted octanol–water partition coefficient (Wildman–Crippen LogP) is 1.98. The molecule has 1 N–H and O–H groups in total. The van der Waals surface area contributed by atoms with E-state index in [0.29, 0.717) is 17.6 Å². The molecule has 1 atom stereocenters. The summed E-state index contributed by atoms with van der Waals surface area (Å²) in [7, 11) is 0. The maximum absolute atomic E-state index is 12.0. The zero-order valence-electron chi connectivity index (χ0n) is 9.27. The molecule has 1 fully saturated rings. The topological polar surface area (TPSA) is 70.8 Å². The van der Waals surface area contributed by atoms with Crippen molar-refractivity contribution in [3.05, 3.63) is 22.6 Å². The fraction of sp³-hybridized carbons (Fsp3) is 0.455. The molecule has 1 aliphatic rings. The highest BCUT2D eigenvalue weighted by Crippen LogP contribution is 2.31. The van der Waals surface area contributed by atoms with E-state index in [1.807, 2.05) is 0 Å². The number of halogens is 1. The molecule has 92 valence electrons. The van der Waals surface area contributed by atoms with Crippen LogP contribution in [0.15, 0.2) is 21.2 Å². The number of nitrogens with zero attached hydrogens (tertiary/aromatic N) is 1. The van der Waals surface area contributed by atoms with Crippen LogP contribution in [0, 0.1) is 5.41 Å². The second kappa shape index (κ2) is 4.18. The largest absolute Gasteiger partial charge is 0.481 e. The van der Waals surface area contributed by atoms with Crippen LogP contribution in [0.2, 0.25) is 0 Å². The standard InChI is InChI=1S/C11H12BrNO4/c1-11(10(15)16)4-5-13(6-11)9(14)7-2-3-8(12)17-7/h2-3H,4-6H2,1H3,(H,15,16). The Bertz CT molecular complexity index is 470. The molecule has 0 spiro atoms. The number of hydrogen-bond acceptors (Lipinski definition) is 3. The van der Waals surface area contributed by atoms with Crippen LogP contribution in [0.1, 0.15) is 23.9 Å². The molecule has 1 aliphatic heterocycles. The van der Waals surface area contributed by atoms with Crippen molar-refractivity contribution in [1.29, 1.82) is 0 Å². The highest BCUT2D eigenvalue weighted by Gasteiger charge is 2.42. The van der Waals surface area contributed by atoms with Crippen LogP contribution < -0.4 is 0 Å². The number of amides is 1. The van der Waals surface area contributed by atoms with Crippen molar-refractivity contribution in [2.75, 3.05) is 13.1 Å². The van der Waals surface area contributed by atoms with Crippen molar-refractivity contribution in [1.82, 2.24) is 4.90 Å². The molecule has 0 saturated carbocycles. The lowest BCUT2D eigenvalue weighted by atomic mass is 9.90. The van der Waals surface area contributed by atoms with Crippen LogP contribution in [-0.4, -0.2) is 35.0 Å². The van der Waals surface area contributed by atoms with Crippen LogP contribution in [0.3, 0.4) is 0 Å². The zero-order chi connectivity index (χ0) is 12.6. The van der Waals surface area contributed by atoms with E-state index in [1.54, 1.807) is 19.1 Å². The van der Waals surface area contributed by atoms with E-state index in [2.05, 4.69) is 15.9 Å². The van der Waals surface area contributed by atoms with E-state index < -0.39 is 11.4 Å². The zero-order valence-corrected chi connectivity index (χ0v) is 10.9. The van der Waals surface area contributed by atoms with E-state index in [-0.39, 0.29) is 18.2 Å². The minimum absolute atomic E-state index is 0.222. The Balaban J connectivity index is 2.11. The van der Waals surface area contributed by atoms with Crippen molar-refractivity contribution in [3.8, 4) is 0 Å². The van der Waals surface area contributed by atoms with E-state index in [9.17, 15) is 9.59 Å². The van der Waals surface area contributed by atoms with Gasteiger partial charge in [-0.2, -0.15) is 0 Å². The summed E-state index contributed by atoms with van der Waals surface area (Å²) in [6.07, 6.45) is 0.468. The van der Waals surface area contributed by atoms with E-state index >= 15 is 0 Å². The van der Waals surface area contributed by atoms with Gasteiger partial charge in [-0.3, -0.25) is 9.59 Å². The van der Waals surface area contributed by atoms with Gasteiger partial charge in [0.25, 0.3) is 5.91 Å². The Morgan fingerprint density at radius 2 is 2.24 bits per heavy atom. The lowest BCUT2D eigenvalue weighted by Gasteiger charge is -2.19. The van der Waals surface area contributed by atoms with Gasteiger partial charge in [0.1, 0.15) is 0 Å². The summed E-state index contributed by atoms with van der Waals surface area (Å²) >= 11 is 3.12. The average Bonchev–Trinajstić information content (AvgIpc) is 2.85. The van der Waals surface area contributed by atoms with Crippen LogP contribution in [0.4, 0.5) is 0 Å². The van der Waals surface area contributed by atoms with Crippen LogP contribution >= 0.6 is 15.9 Å². The number of carbonyl (C=O) groups excluding carboxylic acids is 1. The molecule has 1 amide bonds. The molecule has 0 radical (unpaired) electrons. The number of rotatable bonds is 2. The molecule has 5 nitrogen and oxygen atoms in total. The highest BCUT2D eigenvalue weighted by atomic mass is 79.9. The molecule has 2 rings (SSSR count). The highest BCUT2D eigenvalue weighted by molar-refractivity contribution is 9.10. The van der Waals surface area contributed by atoms with Crippen molar-refractivity contribution in [2.24, 2.45) is 5.41 Å². The maximum Gasteiger partial charge on any atom is 0.311 e. The molecule has 17 heavy (non-hydrogen) atoms. The first-order valence-corrected chi connectivity index (χ1v) is 6.00. The van der Waals surface area contributed by atoms with Crippen LogP contribution in [0.5, 0.6) is 0 Å². The van der Waals surface area contributed by atoms with Gasteiger partial charge in [-0.1, -0.05) is 0 Å². The van der Waals surface area contributed by atoms with Gasteiger partial charge in [-0.25, -0.2) is 0 Å². The molecule has 0 aromatic carbocycles. The number of hydrogen-bond donors (Lipinski definition) is 1. The van der Waals surface area contributed by atoms with Gasteiger partial charge in [0.15, 0.2) is 10.4 Å². The fourth-order valence-corrected chi connectivity index (χ4v) is 2.20. The number of carboxylic acid groups (broad SMARTS) is 1. The van der Waals surface area contributed by atoms with Gasteiger partial charge >= 0.3 is 5.97 Å². The first-order chi connectivity index (χ1) is 7.92. The van der Waals surface area contributed by atoms with Crippen molar-refractivity contribution >= 4 is 27.8 Å². The number of furan rings is 1. The molecule has 0 aliphatic carbocycles. The van der Waals surface area contributed by atoms with E-state index in [1.165, 1.54) is 4.90 Å². The molecule has 1 aromatic heterocycles.